The minimum atomic E-state index is 0.726. The largest absolute Gasteiger partial charge is 0.314 e. The Labute approximate surface area is 128 Å². The Morgan fingerprint density at radius 2 is 2.05 bits per heavy atom. The zero-order valence-corrected chi connectivity index (χ0v) is 13.4. The lowest BCUT2D eigenvalue weighted by Crippen LogP contribution is -2.55. The summed E-state index contributed by atoms with van der Waals surface area (Å²) in [6, 6.07) is 4.28. The minimum Gasteiger partial charge on any atom is -0.314 e. The van der Waals surface area contributed by atoms with Gasteiger partial charge in [-0.3, -0.25) is 4.90 Å². The summed E-state index contributed by atoms with van der Waals surface area (Å²) in [4.78, 5) is 11.5. The van der Waals surface area contributed by atoms with Gasteiger partial charge in [0.2, 0.25) is 0 Å². The zero-order chi connectivity index (χ0) is 14.7. The van der Waals surface area contributed by atoms with E-state index in [4.69, 9.17) is 0 Å². The maximum atomic E-state index is 4.59. The van der Waals surface area contributed by atoms with Crippen molar-refractivity contribution in [1.29, 1.82) is 0 Å². The number of hydrogen-bond acceptors (Lipinski definition) is 4. The molecule has 2 fully saturated rings. The van der Waals surface area contributed by atoms with Crippen molar-refractivity contribution in [2.45, 2.75) is 77.0 Å². The van der Waals surface area contributed by atoms with Crippen LogP contribution in [0.4, 0.5) is 0 Å². The number of hydrogen-bond donors (Lipinski definition) is 1. The van der Waals surface area contributed by atoms with Crippen LogP contribution in [0.15, 0.2) is 12.3 Å². The van der Waals surface area contributed by atoms with E-state index in [0.29, 0.717) is 0 Å². The summed E-state index contributed by atoms with van der Waals surface area (Å²) in [6.45, 7) is 6.39. The van der Waals surface area contributed by atoms with Crippen molar-refractivity contribution in [1.82, 2.24) is 20.2 Å². The second-order valence-electron chi connectivity index (χ2n) is 6.63. The first-order valence-electron chi connectivity index (χ1n) is 8.54. The standard InChI is InChI=1S/C17H28N4/c1-3-8-19-15-10-16-5-4-6-17(11-15)21(16)12-14-7-9-18-13(2)20-14/h7,9,15-17,19H,3-6,8,10-12H2,1-2H3. The average Bonchev–Trinajstić information content (AvgIpc) is 2.45. The maximum absolute atomic E-state index is 4.59. The number of piperidine rings is 2. The van der Waals surface area contributed by atoms with Gasteiger partial charge in [0.05, 0.1) is 5.69 Å². The fourth-order valence-corrected chi connectivity index (χ4v) is 4.03. The molecular formula is C17H28N4. The van der Waals surface area contributed by atoms with Crippen LogP contribution in [0.2, 0.25) is 0 Å². The van der Waals surface area contributed by atoms with Crippen molar-refractivity contribution in [3.8, 4) is 0 Å². The van der Waals surface area contributed by atoms with Crippen LogP contribution in [0.1, 0.15) is 57.0 Å². The van der Waals surface area contributed by atoms with E-state index >= 15 is 0 Å². The number of fused-ring (bicyclic) bond motifs is 2. The summed E-state index contributed by atoms with van der Waals surface area (Å²) in [5.74, 6) is 0.886. The smallest absolute Gasteiger partial charge is 0.125 e. The minimum absolute atomic E-state index is 0.726. The molecule has 4 heteroatoms. The number of nitrogens with zero attached hydrogens (tertiary/aromatic N) is 3. The van der Waals surface area contributed by atoms with Crippen LogP contribution >= 0.6 is 0 Å². The Morgan fingerprint density at radius 3 is 2.71 bits per heavy atom. The van der Waals surface area contributed by atoms with Gasteiger partial charge in [0.15, 0.2) is 0 Å². The molecule has 0 spiro atoms. The van der Waals surface area contributed by atoms with Crippen molar-refractivity contribution in [3.63, 3.8) is 0 Å². The molecule has 0 amide bonds. The SMILES string of the molecule is CCCNC1CC2CCCC(C1)N2Cc1ccnc(C)n1. The van der Waals surface area contributed by atoms with Crippen LogP contribution in [0.5, 0.6) is 0 Å². The Kier molecular flexibility index (Phi) is 4.86. The molecule has 0 saturated carbocycles. The molecule has 2 bridgehead atoms. The number of nitrogens with one attached hydrogen (secondary N) is 1. The highest BCUT2D eigenvalue weighted by Gasteiger charge is 2.37. The van der Waals surface area contributed by atoms with Crippen molar-refractivity contribution in [3.05, 3.63) is 23.8 Å². The van der Waals surface area contributed by atoms with Gasteiger partial charge in [0.1, 0.15) is 5.82 Å². The predicted octanol–water partition coefficient (Wildman–Crippen LogP) is 2.67. The first-order chi connectivity index (χ1) is 10.3. The lowest BCUT2D eigenvalue weighted by Gasteiger charge is -2.49. The van der Waals surface area contributed by atoms with Gasteiger partial charge >= 0.3 is 0 Å². The van der Waals surface area contributed by atoms with Gasteiger partial charge in [-0.2, -0.15) is 0 Å². The molecule has 2 aliphatic rings. The molecule has 1 aromatic rings. The molecule has 0 radical (unpaired) electrons. The molecule has 2 saturated heterocycles. The summed E-state index contributed by atoms with van der Waals surface area (Å²) in [5, 5.41) is 3.74. The normalized spacial score (nSPS) is 29.5. The van der Waals surface area contributed by atoms with E-state index in [9.17, 15) is 0 Å². The Morgan fingerprint density at radius 1 is 1.29 bits per heavy atom. The quantitative estimate of drug-likeness (QED) is 0.904. The molecule has 2 atom stereocenters. The molecule has 21 heavy (non-hydrogen) atoms. The Balaban J connectivity index is 1.66. The third-order valence-corrected chi connectivity index (χ3v) is 4.99. The lowest BCUT2D eigenvalue weighted by atomic mass is 9.81. The molecular weight excluding hydrogens is 260 g/mol. The maximum Gasteiger partial charge on any atom is 0.125 e. The Hall–Kier alpha value is -1.00. The van der Waals surface area contributed by atoms with Crippen LogP contribution in [0, 0.1) is 6.92 Å². The molecule has 2 unspecified atom stereocenters. The van der Waals surface area contributed by atoms with Gasteiger partial charge < -0.3 is 5.32 Å². The fourth-order valence-electron chi connectivity index (χ4n) is 4.03. The highest BCUT2D eigenvalue weighted by molar-refractivity contribution is 5.04. The molecule has 4 nitrogen and oxygen atoms in total. The van der Waals surface area contributed by atoms with Gasteiger partial charge in [-0.1, -0.05) is 13.3 Å². The molecule has 116 valence electrons. The van der Waals surface area contributed by atoms with Crippen LogP contribution in [-0.4, -0.2) is 39.5 Å². The van der Waals surface area contributed by atoms with E-state index in [0.717, 1.165) is 37.0 Å². The molecule has 3 heterocycles. The van der Waals surface area contributed by atoms with E-state index in [2.05, 4.69) is 33.2 Å². The first-order valence-corrected chi connectivity index (χ1v) is 8.54. The zero-order valence-electron chi connectivity index (χ0n) is 13.4. The molecule has 3 rings (SSSR count). The summed E-state index contributed by atoms with van der Waals surface area (Å²) < 4.78 is 0. The van der Waals surface area contributed by atoms with Crippen LogP contribution < -0.4 is 5.32 Å². The van der Waals surface area contributed by atoms with E-state index in [1.807, 2.05) is 13.1 Å². The fraction of sp³-hybridized carbons (Fsp3) is 0.765. The van der Waals surface area contributed by atoms with E-state index in [-0.39, 0.29) is 0 Å². The van der Waals surface area contributed by atoms with E-state index in [1.165, 1.54) is 44.2 Å². The summed E-state index contributed by atoms with van der Waals surface area (Å²) >= 11 is 0. The van der Waals surface area contributed by atoms with Gasteiger partial charge in [-0.05, 0) is 51.6 Å². The van der Waals surface area contributed by atoms with Crippen LogP contribution in [0.25, 0.3) is 0 Å². The summed E-state index contributed by atoms with van der Waals surface area (Å²) in [5.41, 5.74) is 1.18. The molecule has 0 aromatic carbocycles. The van der Waals surface area contributed by atoms with E-state index in [1.54, 1.807) is 0 Å². The second kappa shape index (κ2) is 6.84. The van der Waals surface area contributed by atoms with Crippen molar-refractivity contribution in [2.24, 2.45) is 0 Å². The Bertz CT molecular complexity index is 448. The summed E-state index contributed by atoms with van der Waals surface area (Å²) in [6.07, 6.45) is 9.84. The van der Waals surface area contributed by atoms with Crippen molar-refractivity contribution < 1.29 is 0 Å². The molecule has 1 aromatic heterocycles. The molecule has 0 aliphatic carbocycles. The third kappa shape index (κ3) is 3.61. The highest BCUT2D eigenvalue weighted by Crippen LogP contribution is 2.35. The molecule has 1 N–H and O–H groups in total. The average molecular weight is 288 g/mol. The number of aromatic nitrogens is 2. The van der Waals surface area contributed by atoms with Crippen molar-refractivity contribution in [2.75, 3.05) is 6.54 Å². The van der Waals surface area contributed by atoms with Crippen molar-refractivity contribution >= 4 is 0 Å². The second-order valence-corrected chi connectivity index (χ2v) is 6.63. The van der Waals surface area contributed by atoms with E-state index < -0.39 is 0 Å². The van der Waals surface area contributed by atoms with Gasteiger partial charge in [0, 0.05) is 30.9 Å². The predicted molar refractivity (Wildman–Crippen MR) is 85.1 cm³/mol. The monoisotopic (exact) mass is 288 g/mol. The first kappa shape index (κ1) is 14.9. The van der Waals surface area contributed by atoms with Crippen LogP contribution in [-0.2, 0) is 6.54 Å². The topological polar surface area (TPSA) is 41.0 Å². The van der Waals surface area contributed by atoms with Gasteiger partial charge in [-0.25, -0.2) is 9.97 Å². The highest BCUT2D eigenvalue weighted by atomic mass is 15.2. The van der Waals surface area contributed by atoms with Gasteiger partial charge in [0.25, 0.3) is 0 Å². The lowest BCUT2D eigenvalue weighted by molar-refractivity contribution is 0.0167. The number of rotatable bonds is 5. The van der Waals surface area contributed by atoms with Crippen LogP contribution in [0.3, 0.4) is 0 Å². The number of aryl methyl sites for hydroxylation is 1. The third-order valence-electron chi connectivity index (χ3n) is 4.99. The summed E-state index contributed by atoms with van der Waals surface area (Å²) in [7, 11) is 0. The molecule has 2 aliphatic heterocycles. The van der Waals surface area contributed by atoms with Gasteiger partial charge in [-0.15, -0.1) is 0 Å².